The molecule has 2 atom stereocenters. The molecule has 0 bridgehead atoms. The van der Waals surface area contributed by atoms with Crippen molar-refractivity contribution < 1.29 is 22.6 Å². The zero-order valence-corrected chi connectivity index (χ0v) is 6.15. The van der Waals surface area contributed by atoms with E-state index < -0.39 is 18.6 Å². The lowest BCUT2D eigenvalue weighted by atomic mass is 10.4. The van der Waals surface area contributed by atoms with Gasteiger partial charge in [0.05, 0.1) is 18.6 Å². The van der Waals surface area contributed by atoms with E-state index in [0.717, 1.165) is 0 Å². The van der Waals surface area contributed by atoms with Crippen LogP contribution in [-0.4, -0.2) is 31.1 Å². The first-order valence-corrected chi connectivity index (χ1v) is 3.47. The van der Waals surface area contributed by atoms with Crippen LogP contribution in [0.15, 0.2) is 0 Å². The van der Waals surface area contributed by atoms with E-state index in [2.05, 4.69) is 9.47 Å². The van der Waals surface area contributed by atoms with E-state index in [1.54, 1.807) is 0 Å². The van der Waals surface area contributed by atoms with Crippen molar-refractivity contribution in [3.05, 3.63) is 0 Å². The lowest BCUT2D eigenvalue weighted by Gasteiger charge is -2.12. The molecule has 0 saturated carbocycles. The molecule has 0 aromatic rings. The van der Waals surface area contributed by atoms with Gasteiger partial charge in [-0.05, 0) is 0 Å². The summed E-state index contributed by atoms with van der Waals surface area (Å²) in [6, 6.07) is 0. The molecule has 11 heavy (non-hydrogen) atoms. The Labute approximate surface area is 66.2 Å². The SMILES string of the molecule is FC(F)(F)C1OCC(CCl)O1. The zero-order chi connectivity index (χ0) is 8.48. The van der Waals surface area contributed by atoms with Gasteiger partial charge in [0.1, 0.15) is 0 Å². The van der Waals surface area contributed by atoms with Crippen LogP contribution < -0.4 is 0 Å². The van der Waals surface area contributed by atoms with Crippen molar-refractivity contribution in [3.63, 3.8) is 0 Å². The van der Waals surface area contributed by atoms with Gasteiger partial charge in [0, 0.05) is 0 Å². The Morgan fingerprint density at radius 3 is 2.36 bits per heavy atom. The molecular weight excluding hydrogens is 184 g/mol. The van der Waals surface area contributed by atoms with Crippen molar-refractivity contribution in [1.29, 1.82) is 0 Å². The van der Waals surface area contributed by atoms with Crippen LogP contribution in [0.4, 0.5) is 13.2 Å². The third-order valence-corrected chi connectivity index (χ3v) is 1.53. The number of rotatable bonds is 1. The molecule has 1 fully saturated rings. The summed E-state index contributed by atoms with van der Waals surface area (Å²) in [4.78, 5) is 0. The van der Waals surface area contributed by atoms with Crippen LogP contribution in [0.2, 0.25) is 0 Å². The largest absolute Gasteiger partial charge is 0.440 e. The van der Waals surface area contributed by atoms with E-state index >= 15 is 0 Å². The first-order valence-electron chi connectivity index (χ1n) is 2.94. The highest BCUT2D eigenvalue weighted by Gasteiger charge is 2.46. The maximum Gasteiger partial charge on any atom is 0.440 e. The lowest BCUT2D eigenvalue weighted by Crippen LogP contribution is -2.30. The second kappa shape index (κ2) is 3.16. The minimum atomic E-state index is -4.44. The minimum Gasteiger partial charge on any atom is -0.342 e. The molecule has 0 aromatic heterocycles. The van der Waals surface area contributed by atoms with E-state index in [4.69, 9.17) is 11.6 Å². The summed E-state index contributed by atoms with van der Waals surface area (Å²) < 4.78 is 44.0. The molecule has 0 aliphatic carbocycles. The monoisotopic (exact) mass is 190 g/mol. The maximum atomic E-state index is 11.8. The van der Waals surface area contributed by atoms with Crippen LogP contribution in [0.5, 0.6) is 0 Å². The Bertz CT molecular complexity index is 138. The summed E-state index contributed by atoms with van der Waals surface area (Å²) in [5.41, 5.74) is 0. The van der Waals surface area contributed by atoms with Gasteiger partial charge in [0.15, 0.2) is 0 Å². The smallest absolute Gasteiger partial charge is 0.342 e. The highest BCUT2D eigenvalue weighted by atomic mass is 35.5. The van der Waals surface area contributed by atoms with Gasteiger partial charge in [0.25, 0.3) is 6.29 Å². The summed E-state index contributed by atoms with van der Waals surface area (Å²) in [5, 5.41) is 0. The van der Waals surface area contributed by atoms with Gasteiger partial charge in [-0.3, -0.25) is 0 Å². The highest BCUT2D eigenvalue weighted by molar-refractivity contribution is 6.18. The second-order valence-corrected chi connectivity index (χ2v) is 2.43. The van der Waals surface area contributed by atoms with E-state index in [9.17, 15) is 13.2 Å². The van der Waals surface area contributed by atoms with Gasteiger partial charge in [0.2, 0.25) is 0 Å². The van der Waals surface area contributed by atoms with Crippen molar-refractivity contribution in [3.8, 4) is 0 Å². The molecule has 1 aliphatic rings. The molecule has 2 nitrogen and oxygen atoms in total. The summed E-state index contributed by atoms with van der Waals surface area (Å²) in [6.07, 6.45) is -7.17. The summed E-state index contributed by atoms with van der Waals surface area (Å²) >= 11 is 5.25. The lowest BCUT2D eigenvalue weighted by molar-refractivity contribution is -0.276. The molecular formula is C5H6ClF3O2. The molecule has 0 spiro atoms. The van der Waals surface area contributed by atoms with Crippen LogP contribution >= 0.6 is 11.6 Å². The van der Waals surface area contributed by atoms with Gasteiger partial charge in [-0.2, -0.15) is 13.2 Å². The minimum absolute atomic E-state index is 0.0204. The fourth-order valence-corrected chi connectivity index (χ4v) is 0.862. The van der Waals surface area contributed by atoms with Gasteiger partial charge < -0.3 is 9.47 Å². The Kier molecular flexibility index (Phi) is 2.61. The van der Waals surface area contributed by atoms with Crippen LogP contribution in [-0.2, 0) is 9.47 Å². The molecule has 1 rings (SSSR count). The molecule has 0 N–H and O–H groups in total. The third-order valence-electron chi connectivity index (χ3n) is 1.19. The summed E-state index contributed by atoms with van der Waals surface area (Å²) in [6.45, 7) is -0.0896. The predicted molar refractivity (Wildman–Crippen MR) is 31.4 cm³/mol. The zero-order valence-electron chi connectivity index (χ0n) is 5.40. The Morgan fingerprint density at radius 2 is 2.09 bits per heavy atom. The van der Waals surface area contributed by atoms with Crippen molar-refractivity contribution in [1.82, 2.24) is 0 Å². The number of hydrogen-bond donors (Lipinski definition) is 0. The van der Waals surface area contributed by atoms with Gasteiger partial charge in [-0.1, -0.05) is 0 Å². The number of alkyl halides is 4. The van der Waals surface area contributed by atoms with Gasteiger partial charge in [-0.15, -0.1) is 11.6 Å². The molecule has 1 saturated heterocycles. The topological polar surface area (TPSA) is 18.5 Å². The summed E-state index contributed by atoms with van der Waals surface area (Å²) in [7, 11) is 0. The van der Waals surface area contributed by atoms with E-state index in [0.29, 0.717) is 0 Å². The van der Waals surface area contributed by atoms with E-state index in [1.807, 2.05) is 0 Å². The maximum absolute atomic E-state index is 11.8. The van der Waals surface area contributed by atoms with Gasteiger partial charge >= 0.3 is 6.18 Å². The molecule has 0 radical (unpaired) electrons. The first-order chi connectivity index (χ1) is 5.04. The molecule has 0 amide bonds. The van der Waals surface area contributed by atoms with Crippen LogP contribution in [0, 0.1) is 0 Å². The van der Waals surface area contributed by atoms with Crippen molar-refractivity contribution in [2.24, 2.45) is 0 Å². The molecule has 6 heteroatoms. The van der Waals surface area contributed by atoms with Crippen molar-refractivity contribution in [2.45, 2.75) is 18.6 Å². The van der Waals surface area contributed by atoms with Crippen LogP contribution in [0.3, 0.4) is 0 Å². The highest BCUT2D eigenvalue weighted by Crippen LogP contribution is 2.28. The Balaban J connectivity index is 2.42. The Morgan fingerprint density at radius 1 is 1.45 bits per heavy atom. The summed E-state index contributed by atoms with van der Waals surface area (Å²) in [5.74, 6) is 0.0204. The fourth-order valence-electron chi connectivity index (χ4n) is 0.701. The average molecular weight is 191 g/mol. The number of halogens is 4. The quantitative estimate of drug-likeness (QED) is 0.584. The predicted octanol–water partition coefficient (Wildman–Crippen LogP) is 1.53. The average Bonchev–Trinajstić information content (AvgIpc) is 2.32. The first kappa shape index (κ1) is 9.09. The normalized spacial score (nSPS) is 32.7. The van der Waals surface area contributed by atoms with E-state index in [-0.39, 0.29) is 12.5 Å². The van der Waals surface area contributed by atoms with Crippen LogP contribution in [0.1, 0.15) is 0 Å². The molecule has 66 valence electrons. The third kappa shape index (κ3) is 2.21. The van der Waals surface area contributed by atoms with Crippen molar-refractivity contribution >= 4 is 11.6 Å². The number of hydrogen-bond acceptors (Lipinski definition) is 2. The second-order valence-electron chi connectivity index (χ2n) is 2.12. The standard InChI is InChI=1S/C5H6ClF3O2/c6-1-3-2-10-4(11-3)5(7,8)9/h3-4H,1-2H2. The molecule has 1 aliphatic heterocycles. The molecule has 2 unspecified atom stereocenters. The fraction of sp³-hybridized carbons (Fsp3) is 1.00. The molecule has 0 aromatic carbocycles. The van der Waals surface area contributed by atoms with Crippen molar-refractivity contribution in [2.75, 3.05) is 12.5 Å². The Hall–Kier alpha value is -0.0000000000000000208. The van der Waals surface area contributed by atoms with Gasteiger partial charge in [-0.25, -0.2) is 0 Å². The molecule has 1 heterocycles. The number of ether oxygens (including phenoxy) is 2. The van der Waals surface area contributed by atoms with E-state index in [1.165, 1.54) is 0 Å². The van der Waals surface area contributed by atoms with Crippen LogP contribution in [0.25, 0.3) is 0 Å².